The lowest BCUT2D eigenvalue weighted by molar-refractivity contribution is -0.384. The Morgan fingerprint density at radius 1 is 1.18 bits per heavy atom. The van der Waals surface area contributed by atoms with Gasteiger partial charge in [0.1, 0.15) is 0 Å². The number of benzene rings is 2. The molecule has 1 amide bonds. The Bertz CT molecular complexity index is 1180. The van der Waals surface area contributed by atoms with Crippen molar-refractivity contribution in [2.24, 2.45) is 0 Å². The van der Waals surface area contributed by atoms with Gasteiger partial charge in [0.2, 0.25) is 11.9 Å². The SMILES string of the molecule is Cc1ccc(-n2c(SC(C)C(=O)Nc3ccc([N+](=O)[O-])cc3Cl)nnc2N2CCCC2)cc1. The second-order valence-electron chi connectivity index (χ2n) is 7.82. The molecule has 1 fully saturated rings. The molecule has 0 spiro atoms. The molecule has 1 aliphatic rings. The third-order valence-corrected chi connectivity index (χ3v) is 6.73. The van der Waals surface area contributed by atoms with Crippen LogP contribution in [0.1, 0.15) is 25.3 Å². The molecule has 2 heterocycles. The minimum Gasteiger partial charge on any atom is -0.341 e. The van der Waals surface area contributed by atoms with E-state index in [1.165, 1.54) is 30.0 Å². The summed E-state index contributed by atoms with van der Waals surface area (Å²) in [5, 5.41) is 22.7. The molecule has 1 saturated heterocycles. The Labute approximate surface area is 200 Å². The van der Waals surface area contributed by atoms with Crippen molar-refractivity contribution in [1.29, 1.82) is 0 Å². The molecule has 1 unspecified atom stereocenters. The third-order valence-electron chi connectivity index (χ3n) is 5.37. The Kier molecular flexibility index (Phi) is 6.85. The topological polar surface area (TPSA) is 106 Å². The molecule has 11 heteroatoms. The van der Waals surface area contributed by atoms with Crippen molar-refractivity contribution in [3.63, 3.8) is 0 Å². The summed E-state index contributed by atoms with van der Waals surface area (Å²) in [5.74, 6) is 0.474. The third kappa shape index (κ3) is 5.12. The fourth-order valence-electron chi connectivity index (χ4n) is 3.55. The van der Waals surface area contributed by atoms with Gasteiger partial charge in [0, 0.05) is 25.2 Å². The summed E-state index contributed by atoms with van der Waals surface area (Å²) in [6.45, 7) is 5.64. The molecule has 9 nitrogen and oxygen atoms in total. The molecule has 1 N–H and O–H groups in total. The van der Waals surface area contributed by atoms with Crippen LogP contribution in [0.15, 0.2) is 47.6 Å². The molecule has 2 aromatic carbocycles. The first-order valence-corrected chi connectivity index (χ1v) is 11.8. The molecule has 172 valence electrons. The van der Waals surface area contributed by atoms with Crippen molar-refractivity contribution in [3.05, 3.63) is 63.2 Å². The number of hydrogen-bond donors (Lipinski definition) is 1. The van der Waals surface area contributed by atoms with Crippen LogP contribution >= 0.6 is 23.4 Å². The molecule has 0 aliphatic carbocycles. The number of carbonyl (C=O) groups is 1. The molecule has 0 bridgehead atoms. The van der Waals surface area contributed by atoms with E-state index in [0.29, 0.717) is 10.8 Å². The van der Waals surface area contributed by atoms with E-state index < -0.39 is 10.2 Å². The summed E-state index contributed by atoms with van der Waals surface area (Å²) in [7, 11) is 0. The number of hydrogen-bond acceptors (Lipinski definition) is 7. The highest BCUT2D eigenvalue weighted by Crippen LogP contribution is 2.32. The van der Waals surface area contributed by atoms with Crippen LogP contribution in [0.4, 0.5) is 17.3 Å². The van der Waals surface area contributed by atoms with Crippen LogP contribution in [0.2, 0.25) is 5.02 Å². The maximum absolute atomic E-state index is 12.9. The van der Waals surface area contributed by atoms with Gasteiger partial charge in [-0.15, -0.1) is 10.2 Å². The Hall–Kier alpha value is -3.11. The minimum absolute atomic E-state index is 0.105. The van der Waals surface area contributed by atoms with E-state index in [-0.39, 0.29) is 16.6 Å². The Morgan fingerprint density at radius 3 is 2.52 bits per heavy atom. The number of aryl methyl sites for hydroxylation is 1. The lowest BCUT2D eigenvalue weighted by atomic mass is 10.2. The molecule has 4 rings (SSSR count). The van der Waals surface area contributed by atoms with E-state index >= 15 is 0 Å². The average Bonchev–Trinajstić information content (AvgIpc) is 3.45. The van der Waals surface area contributed by atoms with Gasteiger partial charge >= 0.3 is 0 Å². The minimum atomic E-state index is -0.536. The number of carbonyl (C=O) groups excluding carboxylic acids is 1. The molecular weight excluding hydrogens is 464 g/mol. The molecule has 0 radical (unpaired) electrons. The van der Waals surface area contributed by atoms with Gasteiger partial charge in [-0.05, 0) is 44.9 Å². The number of nitro benzene ring substituents is 1. The van der Waals surface area contributed by atoms with Gasteiger partial charge in [-0.1, -0.05) is 41.1 Å². The van der Waals surface area contributed by atoms with E-state index in [1.54, 1.807) is 6.92 Å². The lowest BCUT2D eigenvalue weighted by Gasteiger charge is -2.19. The molecule has 0 saturated carbocycles. The molecule has 3 aromatic rings. The summed E-state index contributed by atoms with van der Waals surface area (Å²) in [5.41, 5.74) is 2.26. The zero-order valence-electron chi connectivity index (χ0n) is 18.2. The van der Waals surface area contributed by atoms with Crippen LogP contribution in [0.25, 0.3) is 5.69 Å². The zero-order chi connectivity index (χ0) is 23.5. The largest absolute Gasteiger partial charge is 0.341 e. The van der Waals surface area contributed by atoms with E-state index in [1.807, 2.05) is 35.8 Å². The second-order valence-corrected chi connectivity index (χ2v) is 9.53. The van der Waals surface area contributed by atoms with E-state index in [4.69, 9.17) is 11.6 Å². The maximum atomic E-state index is 12.9. The van der Waals surface area contributed by atoms with Crippen LogP contribution in [0.3, 0.4) is 0 Å². The number of thioether (sulfide) groups is 1. The molecule has 1 aromatic heterocycles. The van der Waals surface area contributed by atoms with Gasteiger partial charge < -0.3 is 10.2 Å². The summed E-state index contributed by atoms with van der Waals surface area (Å²) in [6, 6.07) is 12.0. The standard InChI is InChI=1S/C22H23ClN6O3S/c1-14-5-7-16(8-6-14)28-21(27-11-3-4-12-27)25-26-22(28)33-15(2)20(30)24-19-10-9-17(29(31)32)13-18(19)23/h5-10,13,15H,3-4,11-12H2,1-2H3,(H,24,30). The van der Waals surface area contributed by atoms with Crippen LogP contribution in [-0.4, -0.2) is 43.9 Å². The Morgan fingerprint density at radius 2 is 1.88 bits per heavy atom. The summed E-state index contributed by atoms with van der Waals surface area (Å²) in [6.07, 6.45) is 2.22. The fraction of sp³-hybridized carbons (Fsp3) is 0.318. The number of non-ortho nitro benzene ring substituents is 1. The smallest absolute Gasteiger partial charge is 0.271 e. The number of halogens is 1. The first-order chi connectivity index (χ1) is 15.8. The summed E-state index contributed by atoms with van der Waals surface area (Å²) < 4.78 is 1.98. The quantitative estimate of drug-likeness (QED) is 0.289. The van der Waals surface area contributed by atoms with E-state index in [2.05, 4.69) is 20.4 Å². The highest BCUT2D eigenvalue weighted by Gasteiger charge is 2.25. The van der Waals surface area contributed by atoms with Crippen LogP contribution < -0.4 is 10.2 Å². The molecular formula is C22H23ClN6O3S. The lowest BCUT2D eigenvalue weighted by Crippen LogP contribution is -2.24. The summed E-state index contributed by atoms with van der Waals surface area (Å²) >= 11 is 7.41. The summed E-state index contributed by atoms with van der Waals surface area (Å²) in [4.78, 5) is 25.4. The number of nitrogens with zero attached hydrogens (tertiary/aromatic N) is 5. The van der Waals surface area contributed by atoms with Crippen LogP contribution in [-0.2, 0) is 4.79 Å². The van der Waals surface area contributed by atoms with Crippen molar-refractivity contribution in [2.75, 3.05) is 23.3 Å². The monoisotopic (exact) mass is 486 g/mol. The number of rotatable bonds is 7. The predicted octanol–water partition coefficient (Wildman–Crippen LogP) is 4.86. The van der Waals surface area contributed by atoms with Crippen molar-refractivity contribution >= 4 is 46.6 Å². The number of nitro groups is 1. The average molecular weight is 487 g/mol. The molecule has 1 aliphatic heterocycles. The highest BCUT2D eigenvalue weighted by molar-refractivity contribution is 8.00. The molecule has 1 atom stereocenters. The number of anilines is 2. The highest BCUT2D eigenvalue weighted by atomic mass is 35.5. The fourth-order valence-corrected chi connectivity index (χ4v) is 4.63. The van der Waals surface area contributed by atoms with Crippen LogP contribution in [0.5, 0.6) is 0 Å². The van der Waals surface area contributed by atoms with Crippen molar-refractivity contribution < 1.29 is 9.72 Å². The van der Waals surface area contributed by atoms with Crippen molar-refractivity contribution in [1.82, 2.24) is 14.8 Å². The number of nitrogens with one attached hydrogen (secondary N) is 1. The van der Waals surface area contributed by atoms with Gasteiger partial charge in [-0.3, -0.25) is 19.5 Å². The van der Waals surface area contributed by atoms with Gasteiger partial charge in [-0.2, -0.15) is 0 Å². The van der Waals surface area contributed by atoms with Gasteiger partial charge in [-0.25, -0.2) is 0 Å². The second kappa shape index (κ2) is 9.80. The van der Waals surface area contributed by atoms with E-state index in [9.17, 15) is 14.9 Å². The molecule has 33 heavy (non-hydrogen) atoms. The predicted molar refractivity (Wildman–Crippen MR) is 130 cm³/mol. The first-order valence-electron chi connectivity index (χ1n) is 10.5. The van der Waals surface area contributed by atoms with Crippen LogP contribution in [0, 0.1) is 17.0 Å². The van der Waals surface area contributed by atoms with Crippen molar-refractivity contribution in [2.45, 2.75) is 37.1 Å². The van der Waals surface area contributed by atoms with Gasteiger partial charge in [0.05, 0.1) is 26.6 Å². The number of aromatic nitrogens is 3. The van der Waals surface area contributed by atoms with Gasteiger partial charge in [0.25, 0.3) is 5.69 Å². The zero-order valence-corrected chi connectivity index (χ0v) is 19.8. The Balaban J connectivity index is 1.56. The first kappa shape index (κ1) is 23.1. The van der Waals surface area contributed by atoms with E-state index in [0.717, 1.165) is 43.1 Å². The normalized spacial score (nSPS) is 14.3. The van der Waals surface area contributed by atoms with Gasteiger partial charge in [0.15, 0.2) is 5.16 Å². The maximum Gasteiger partial charge on any atom is 0.271 e. The number of amides is 1. The van der Waals surface area contributed by atoms with Crippen molar-refractivity contribution in [3.8, 4) is 5.69 Å².